The minimum absolute atomic E-state index is 0.0327. The predicted octanol–water partition coefficient (Wildman–Crippen LogP) is 1.33. The molecule has 21 heavy (non-hydrogen) atoms. The van der Waals surface area contributed by atoms with Gasteiger partial charge in [0.15, 0.2) is 9.84 Å². The standard InChI is InChI=1S/C13H18ClN3O3S/c1-2-15-11-4-3-10(14)12(17-11)13(18)16-7-9-5-6-21(19,20)8-9/h3-4,9H,2,5-8H2,1H3,(H,15,17)(H,16,18). The summed E-state index contributed by atoms with van der Waals surface area (Å²) in [4.78, 5) is 16.3. The quantitative estimate of drug-likeness (QED) is 0.849. The highest BCUT2D eigenvalue weighted by Crippen LogP contribution is 2.19. The first kappa shape index (κ1) is 16.0. The van der Waals surface area contributed by atoms with Crippen molar-refractivity contribution in [1.82, 2.24) is 10.3 Å². The number of halogens is 1. The van der Waals surface area contributed by atoms with Gasteiger partial charge >= 0.3 is 0 Å². The van der Waals surface area contributed by atoms with Crippen molar-refractivity contribution in [3.8, 4) is 0 Å². The normalized spacial score (nSPS) is 20.2. The Kier molecular flexibility index (Phi) is 5.05. The Labute approximate surface area is 129 Å². The average molecular weight is 332 g/mol. The van der Waals surface area contributed by atoms with Gasteiger partial charge in [0.25, 0.3) is 5.91 Å². The number of amides is 1. The van der Waals surface area contributed by atoms with Crippen LogP contribution >= 0.6 is 11.6 Å². The van der Waals surface area contributed by atoms with Crippen molar-refractivity contribution in [2.24, 2.45) is 5.92 Å². The topological polar surface area (TPSA) is 88.2 Å². The molecule has 0 bridgehead atoms. The van der Waals surface area contributed by atoms with Crippen LogP contribution in [0.5, 0.6) is 0 Å². The van der Waals surface area contributed by atoms with Gasteiger partial charge in [-0.2, -0.15) is 0 Å². The molecule has 116 valence electrons. The van der Waals surface area contributed by atoms with Crippen LogP contribution in [0.2, 0.25) is 5.02 Å². The molecule has 1 amide bonds. The van der Waals surface area contributed by atoms with Crippen LogP contribution in [0.25, 0.3) is 0 Å². The Morgan fingerprint density at radius 3 is 2.86 bits per heavy atom. The number of anilines is 1. The molecule has 0 aliphatic carbocycles. The largest absolute Gasteiger partial charge is 0.370 e. The van der Waals surface area contributed by atoms with E-state index in [1.807, 2.05) is 6.92 Å². The highest BCUT2D eigenvalue weighted by Gasteiger charge is 2.28. The first-order chi connectivity index (χ1) is 9.91. The van der Waals surface area contributed by atoms with Gasteiger partial charge in [0.2, 0.25) is 0 Å². The van der Waals surface area contributed by atoms with E-state index in [4.69, 9.17) is 11.6 Å². The number of hydrogen-bond donors (Lipinski definition) is 2. The number of nitrogens with one attached hydrogen (secondary N) is 2. The van der Waals surface area contributed by atoms with Gasteiger partial charge in [0.05, 0.1) is 16.5 Å². The molecule has 0 aromatic carbocycles. The number of sulfone groups is 1. The molecule has 1 aliphatic heterocycles. The Bertz CT molecular complexity index is 634. The molecule has 1 aliphatic rings. The lowest BCUT2D eigenvalue weighted by molar-refractivity contribution is 0.0943. The highest BCUT2D eigenvalue weighted by atomic mass is 35.5. The van der Waals surface area contributed by atoms with Gasteiger partial charge in [-0.3, -0.25) is 4.79 Å². The second-order valence-corrected chi connectivity index (χ2v) is 7.67. The molecule has 2 rings (SSSR count). The van der Waals surface area contributed by atoms with Crippen molar-refractivity contribution in [1.29, 1.82) is 0 Å². The van der Waals surface area contributed by atoms with E-state index in [0.717, 1.165) is 0 Å². The summed E-state index contributed by atoms with van der Waals surface area (Å²) in [6, 6.07) is 3.31. The maximum Gasteiger partial charge on any atom is 0.271 e. The molecule has 1 aromatic heterocycles. The summed E-state index contributed by atoms with van der Waals surface area (Å²) < 4.78 is 22.7. The lowest BCUT2D eigenvalue weighted by Gasteiger charge is -2.11. The number of carbonyl (C=O) groups excluding carboxylic acids is 1. The third-order valence-corrected chi connectivity index (χ3v) is 5.44. The first-order valence-electron chi connectivity index (χ1n) is 6.80. The number of hydrogen-bond acceptors (Lipinski definition) is 5. The molecule has 0 spiro atoms. The van der Waals surface area contributed by atoms with Crippen molar-refractivity contribution in [2.45, 2.75) is 13.3 Å². The third kappa shape index (κ3) is 4.31. The molecule has 6 nitrogen and oxygen atoms in total. The van der Waals surface area contributed by atoms with Crippen molar-refractivity contribution >= 4 is 33.2 Å². The number of carbonyl (C=O) groups is 1. The molecular formula is C13H18ClN3O3S. The highest BCUT2D eigenvalue weighted by molar-refractivity contribution is 7.91. The van der Waals surface area contributed by atoms with Gasteiger partial charge < -0.3 is 10.6 Å². The van der Waals surface area contributed by atoms with Crippen LogP contribution in [0.15, 0.2) is 12.1 Å². The number of pyridine rings is 1. The Morgan fingerprint density at radius 2 is 2.24 bits per heavy atom. The summed E-state index contributed by atoms with van der Waals surface area (Å²) in [5, 5.41) is 5.99. The van der Waals surface area contributed by atoms with E-state index in [9.17, 15) is 13.2 Å². The van der Waals surface area contributed by atoms with E-state index >= 15 is 0 Å². The fourth-order valence-electron chi connectivity index (χ4n) is 2.23. The van der Waals surface area contributed by atoms with E-state index < -0.39 is 9.84 Å². The van der Waals surface area contributed by atoms with Crippen LogP contribution in [0.3, 0.4) is 0 Å². The first-order valence-corrected chi connectivity index (χ1v) is 9.00. The van der Waals surface area contributed by atoms with Crippen LogP contribution in [0.4, 0.5) is 5.82 Å². The number of nitrogens with zero attached hydrogens (tertiary/aromatic N) is 1. The third-order valence-electron chi connectivity index (χ3n) is 3.30. The molecular weight excluding hydrogens is 314 g/mol. The van der Waals surface area contributed by atoms with Gasteiger partial charge in [-0.1, -0.05) is 11.6 Å². The Hall–Kier alpha value is -1.34. The van der Waals surface area contributed by atoms with E-state index in [-0.39, 0.29) is 34.0 Å². The molecule has 1 saturated heterocycles. The summed E-state index contributed by atoms with van der Waals surface area (Å²) in [6.07, 6.45) is 0.585. The van der Waals surface area contributed by atoms with Crippen LogP contribution < -0.4 is 10.6 Å². The van der Waals surface area contributed by atoms with Crippen molar-refractivity contribution in [3.05, 3.63) is 22.8 Å². The van der Waals surface area contributed by atoms with E-state index in [1.165, 1.54) is 0 Å². The lowest BCUT2D eigenvalue weighted by atomic mass is 10.1. The molecule has 1 unspecified atom stereocenters. The molecule has 1 fully saturated rings. The molecule has 8 heteroatoms. The summed E-state index contributed by atoms with van der Waals surface area (Å²) in [5.74, 6) is 0.489. The summed E-state index contributed by atoms with van der Waals surface area (Å²) in [5.41, 5.74) is 0.149. The Balaban J connectivity index is 1.98. The maximum atomic E-state index is 12.1. The van der Waals surface area contributed by atoms with Crippen LogP contribution in [-0.2, 0) is 9.84 Å². The van der Waals surface area contributed by atoms with E-state index in [2.05, 4.69) is 15.6 Å². The fraction of sp³-hybridized carbons (Fsp3) is 0.538. The maximum absolute atomic E-state index is 12.1. The minimum atomic E-state index is -2.93. The lowest BCUT2D eigenvalue weighted by Crippen LogP contribution is -2.30. The van der Waals surface area contributed by atoms with Gasteiger partial charge in [0.1, 0.15) is 11.5 Å². The van der Waals surface area contributed by atoms with Gasteiger partial charge in [-0.25, -0.2) is 13.4 Å². The van der Waals surface area contributed by atoms with Crippen molar-refractivity contribution in [2.75, 3.05) is 29.9 Å². The zero-order chi connectivity index (χ0) is 15.5. The SMILES string of the molecule is CCNc1ccc(Cl)c(C(=O)NCC2CCS(=O)(=O)C2)n1. The fourth-order valence-corrected chi connectivity index (χ4v) is 4.29. The smallest absolute Gasteiger partial charge is 0.271 e. The summed E-state index contributed by atoms with van der Waals surface area (Å²) in [6.45, 7) is 2.94. The molecule has 0 saturated carbocycles. The average Bonchev–Trinajstić information content (AvgIpc) is 2.78. The van der Waals surface area contributed by atoms with Gasteiger partial charge in [-0.15, -0.1) is 0 Å². The predicted molar refractivity (Wildman–Crippen MR) is 82.5 cm³/mol. The van der Waals surface area contributed by atoms with Gasteiger partial charge in [-0.05, 0) is 31.4 Å². The van der Waals surface area contributed by atoms with Crippen molar-refractivity contribution < 1.29 is 13.2 Å². The molecule has 1 atom stereocenters. The van der Waals surface area contributed by atoms with Crippen LogP contribution in [0, 0.1) is 5.92 Å². The minimum Gasteiger partial charge on any atom is -0.370 e. The molecule has 2 heterocycles. The van der Waals surface area contributed by atoms with Gasteiger partial charge in [0, 0.05) is 13.1 Å². The Morgan fingerprint density at radius 1 is 1.48 bits per heavy atom. The van der Waals surface area contributed by atoms with E-state index in [0.29, 0.717) is 25.3 Å². The number of aromatic nitrogens is 1. The number of rotatable bonds is 5. The van der Waals surface area contributed by atoms with Crippen LogP contribution in [0.1, 0.15) is 23.8 Å². The molecule has 0 radical (unpaired) electrons. The summed E-state index contributed by atoms with van der Waals surface area (Å²) >= 11 is 5.98. The second-order valence-electron chi connectivity index (χ2n) is 5.04. The second kappa shape index (κ2) is 6.62. The molecule has 2 N–H and O–H groups in total. The van der Waals surface area contributed by atoms with E-state index in [1.54, 1.807) is 12.1 Å². The van der Waals surface area contributed by atoms with Crippen molar-refractivity contribution in [3.63, 3.8) is 0 Å². The summed E-state index contributed by atoms with van der Waals surface area (Å²) in [7, 11) is -2.93. The zero-order valence-corrected chi connectivity index (χ0v) is 13.3. The van der Waals surface area contributed by atoms with Crippen LogP contribution in [-0.4, -0.2) is 43.9 Å². The zero-order valence-electron chi connectivity index (χ0n) is 11.7. The monoisotopic (exact) mass is 331 g/mol. The molecule has 1 aromatic rings.